The zero-order valence-electron chi connectivity index (χ0n) is 8.97. The highest BCUT2D eigenvalue weighted by molar-refractivity contribution is 9.10. The average Bonchev–Trinajstić information content (AvgIpc) is 2.94. The topological polar surface area (TPSA) is 88.0 Å². The predicted octanol–water partition coefficient (Wildman–Crippen LogP) is 2.68. The molecule has 0 unspecified atom stereocenters. The summed E-state index contributed by atoms with van der Waals surface area (Å²) in [6, 6.07) is 4.54. The fraction of sp³-hybridized carbons (Fsp3) is 0.100. The largest absolute Gasteiger partial charge is 0.358 e. The second-order valence-electron chi connectivity index (χ2n) is 3.39. The van der Waals surface area contributed by atoms with E-state index in [-0.39, 0.29) is 17.4 Å². The van der Waals surface area contributed by atoms with Gasteiger partial charge in [-0.05, 0) is 38.4 Å². The van der Waals surface area contributed by atoms with E-state index in [4.69, 9.17) is 0 Å². The molecule has 0 atom stereocenters. The Balaban J connectivity index is 1.99. The maximum Gasteiger partial charge on any atom is 0.321 e. The average molecular weight is 330 g/mol. The van der Waals surface area contributed by atoms with E-state index < -0.39 is 4.92 Å². The molecule has 0 saturated heterocycles. The molecule has 2 aromatic heterocycles. The lowest BCUT2D eigenvalue weighted by molar-refractivity contribution is -0.389. The molecular formula is C10H8BrN3O3S. The maximum atomic E-state index is 11.7. The summed E-state index contributed by atoms with van der Waals surface area (Å²) in [5, 5.41) is 15.1. The first-order valence-electron chi connectivity index (χ1n) is 4.91. The Morgan fingerprint density at radius 3 is 2.83 bits per heavy atom. The predicted molar refractivity (Wildman–Crippen MR) is 70.6 cm³/mol. The van der Waals surface area contributed by atoms with E-state index in [1.54, 1.807) is 0 Å². The Kier molecular flexibility index (Phi) is 3.78. The van der Waals surface area contributed by atoms with E-state index in [1.165, 1.54) is 23.5 Å². The molecule has 0 radical (unpaired) electrons. The van der Waals surface area contributed by atoms with Gasteiger partial charge in [0, 0.05) is 15.4 Å². The fourth-order valence-corrected chi connectivity index (χ4v) is 2.76. The number of nitrogens with zero attached hydrogens (tertiary/aromatic N) is 1. The quantitative estimate of drug-likeness (QED) is 0.667. The van der Waals surface area contributed by atoms with Gasteiger partial charge in [0.15, 0.2) is 5.69 Å². The van der Waals surface area contributed by atoms with E-state index >= 15 is 0 Å². The number of aromatic amines is 1. The summed E-state index contributed by atoms with van der Waals surface area (Å²) in [6.45, 7) is 0.379. The Labute approximate surface area is 114 Å². The van der Waals surface area contributed by atoms with Gasteiger partial charge in [-0.2, -0.15) is 0 Å². The summed E-state index contributed by atoms with van der Waals surface area (Å²) in [5.41, 5.74) is 0.175. The van der Waals surface area contributed by atoms with Crippen molar-refractivity contribution in [3.8, 4) is 0 Å². The van der Waals surface area contributed by atoms with Crippen molar-refractivity contribution in [2.45, 2.75) is 6.54 Å². The van der Waals surface area contributed by atoms with Crippen LogP contribution >= 0.6 is 27.3 Å². The number of H-pyrrole nitrogens is 1. The number of carbonyl (C=O) groups excluding carboxylic acids is 1. The van der Waals surface area contributed by atoms with Crippen LogP contribution in [0.25, 0.3) is 0 Å². The summed E-state index contributed by atoms with van der Waals surface area (Å²) in [7, 11) is 0. The lowest BCUT2D eigenvalue weighted by atomic mass is 10.4. The highest BCUT2D eigenvalue weighted by atomic mass is 79.9. The minimum Gasteiger partial charge on any atom is -0.358 e. The lowest BCUT2D eigenvalue weighted by Gasteiger charge is -2.00. The Morgan fingerprint density at radius 1 is 1.50 bits per heavy atom. The number of nitro groups is 1. The number of aromatic nitrogens is 1. The summed E-state index contributed by atoms with van der Waals surface area (Å²) in [5.74, 6) is -0.569. The molecule has 0 fully saturated rings. The highest BCUT2D eigenvalue weighted by Crippen LogP contribution is 2.22. The molecule has 1 amide bonds. The van der Waals surface area contributed by atoms with Crippen LogP contribution in [0, 0.1) is 10.1 Å². The third-order valence-electron chi connectivity index (χ3n) is 2.21. The van der Waals surface area contributed by atoms with Crippen molar-refractivity contribution >= 4 is 39.0 Å². The molecule has 0 aliphatic heterocycles. The molecule has 8 heteroatoms. The summed E-state index contributed by atoms with van der Waals surface area (Å²) >= 11 is 4.87. The van der Waals surface area contributed by atoms with Crippen molar-refractivity contribution in [1.82, 2.24) is 10.3 Å². The third-order valence-corrected chi connectivity index (χ3v) is 4.14. The summed E-state index contributed by atoms with van der Waals surface area (Å²) in [6.07, 6.45) is 0. The monoisotopic (exact) mass is 329 g/mol. The highest BCUT2D eigenvalue weighted by Gasteiger charge is 2.15. The molecule has 2 N–H and O–H groups in total. The maximum absolute atomic E-state index is 11.7. The van der Waals surface area contributed by atoms with Crippen LogP contribution in [0.2, 0.25) is 0 Å². The summed E-state index contributed by atoms with van der Waals surface area (Å²) < 4.78 is 0.935. The first-order chi connectivity index (χ1) is 8.58. The van der Waals surface area contributed by atoms with E-state index in [2.05, 4.69) is 26.2 Å². The Hall–Kier alpha value is -1.67. The third kappa shape index (κ3) is 2.77. The standard InChI is InChI=1S/C10H8BrN3O3S/c11-6-3-4-18-8(6)5-12-10(15)7-1-2-9(13-7)14(16)17/h1-4,13H,5H2,(H,12,15). The van der Waals surface area contributed by atoms with E-state index in [1.807, 2.05) is 11.4 Å². The van der Waals surface area contributed by atoms with Gasteiger partial charge in [-0.3, -0.25) is 4.79 Å². The van der Waals surface area contributed by atoms with Crippen LogP contribution in [0.15, 0.2) is 28.1 Å². The fourth-order valence-electron chi connectivity index (χ4n) is 1.33. The Bertz CT molecular complexity index is 593. The van der Waals surface area contributed by atoms with Gasteiger partial charge in [0.1, 0.15) is 0 Å². The molecule has 0 spiro atoms. The van der Waals surface area contributed by atoms with Crippen molar-refractivity contribution in [2.75, 3.05) is 0 Å². The van der Waals surface area contributed by atoms with Crippen LogP contribution in [-0.4, -0.2) is 15.8 Å². The molecule has 2 aromatic rings. The van der Waals surface area contributed by atoms with Gasteiger partial charge < -0.3 is 15.4 Å². The Morgan fingerprint density at radius 2 is 2.28 bits per heavy atom. The number of carbonyl (C=O) groups is 1. The number of nitrogens with one attached hydrogen (secondary N) is 2. The first kappa shape index (κ1) is 12.8. The van der Waals surface area contributed by atoms with Crippen molar-refractivity contribution in [2.24, 2.45) is 0 Å². The number of halogens is 1. The molecule has 0 bridgehead atoms. The smallest absolute Gasteiger partial charge is 0.321 e. The van der Waals surface area contributed by atoms with Gasteiger partial charge in [-0.15, -0.1) is 11.3 Å². The number of hydrogen-bond donors (Lipinski definition) is 2. The number of thiophene rings is 1. The van der Waals surface area contributed by atoms with Gasteiger partial charge in [0.05, 0.1) is 6.54 Å². The van der Waals surface area contributed by atoms with Crippen LogP contribution in [-0.2, 0) is 6.54 Å². The van der Waals surface area contributed by atoms with Gasteiger partial charge in [-0.1, -0.05) is 0 Å². The molecule has 2 rings (SSSR count). The molecule has 0 saturated carbocycles. The van der Waals surface area contributed by atoms with E-state index in [0.29, 0.717) is 6.54 Å². The lowest BCUT2D eigenvalue weighted by Crippen LogP contribution is -2.22. The molecule has 94 valence electrons. The second-order valence-corrected chi connectivity index (χ2v) is 5.24. The van der Waals surface area contributed by atoms with Gasteiger partial charge >= 0.3 is 5.82 Å². The molecule has 0 aliphatic carbocycles. The van der Waals surface area contributed by atoms with Gasteiger partial charge in [0.2, 0.25) is 0 Å². The molecule has 2 heterocycles. The zero-order chi connectivity index (χ0) is 13.1. The molecule has 18 heavy (non-hydrogen) atoms. The molecule has 6 nitrogen and oxygen atoms in total. The molecule has 0 aromatic carbocycles. The van der Waals surface area contributed by atoms with Crippen molar-refractivity contribution in [3.63, 3.8) is 0 Å². The summed E-state index contributed by atoms with van der Waals surface area (Å²) in [4.78, 5) is 25.0. The number of amides is 1. The van der Waals surface area contributed by atoms with Crippen molar-refractivity contribution in [1.29, 1.82) is 0 Å². The molecular weight excluding hydrogens is 322 g/mol. The second kappa shape index (κ2) is 5.32. The van der Waals surface area contributed by atoms with Crippen LogP contribution in [0.5, 0.6) is 0 Å². The van der Waals surface area contributed by atoms with Crippen LogP contribution in [0.4, 0.5) is 5.82 Å². The number of hydrogen-bond acceptors (Lipinski definition) is 4. The first-order valence-corrected chi connectivity index (χ1v) is 6.58. The van der Waals surface area contributed by atoms with Crippen LogP contribution < -0.4 is 5.32 Å². The van der Waals surface area contributed by atoms with Gasteiger partial charge in [-0.25, -0.2) is 4.98 Å². The minimum atomic E-state index is -0.577. The number of rotatable bonds is 4. The van der Waals surface area contributed by atoms with E-state index in [0.717, 1.165) is 9.35 Å². The minimum absolute atomic E-state index is 0.175. The SMILES string of the molecule is O=C(NCc1sccc1Br)c1ccc([N+](=O)[O-])[nH]1. The van der Waals surface area contributed by atoms with Gasteiger partial charge in [0.25, 0.3) is 5.91 Å². The van der Waals surface area contributed by atoms with Crippen LogP contribution in [0.3, 0.4) is 0 Å². The molecule has 0 aliphatic rings. The van der Waals surface area contributed by atoms with Crippen LogP contribution in [0.1, 0.15) is 15.4 Å². The van der Waals surface area contributed by atoms with E-state index in [9.17, 15) is 14.9 Å². The van der Waals surface area contributed by atoms with Crippen molar-refractivity contribution in [3.05, 3.63) is 48.7 Å². The zero-order valence-corrected chi connectivity index (χ0v) is 11.4. The van der Waals surface area contributed by atoms with Crippen molar-refractivity contribution < 1.29 is 9.72 Å². The normalized spacial score (nSPS) is 10.3.